The summed E-state index contributed by atoms with van der Waals surface area (Å²) in [6.07, 6.45) is 2.65. The second kappa shape index (κ2) is 6.85. The number of halogens is 1. The number of thiazole rings is 1. The molecule has 2 heterocycles. The van der Waals surface area contributed by atoms with Crippen LogP contribution in [-0.4, -0.2) is 36.1 Å². The summed E-state index contributed by atoms with van der Waals surface area (Å²) in [5, 5.41) is 4.46. The van der Waals surface area contributed by atoms with Crippen molar-refractivity contribution in [3.63, 3.8) is 0 Å². The van der Waals surface area contributed by atoms with Gasteiger partial charge in [-0.25, -0.2) is 4.98 Å². The Balaban J connectivity index is 0.00000147. The van der Waals surface area contributed by atoms with E-state index < -0.39 is 0 Å². The molecule has 5 heteroatoms. The Hall–Kier alpha value is -0.680. The Bertz CT molecular complexity index is 569. The fourth-order valence-electron chi connectivity index (χ4n) is 2.99. The summed E-state index contributed by atoms with van der Waals surface area (Å²) in [5.74, 6) is 0. The molecule has 0 saturated carbocycles. The molecular weight excluding hydrogens is 290 g/mol. The van der Waals surface area contributed by atoms with E-state index in [9.17, 15) is 0 Å². The number of aryl methyl sites for hydroxylation is 1. The third kappa shape index (κ3) is 3.31. The number of hydrogen-bond donors (Lipinski definition) is 1. The lowest BCUT2D eigenvalue weighted by Crippen LogP contribution is -2.36. The van der Waals surface area contributed by atoms with Gasteiger partial charge in [0.25, 0.3) is 0 Å². The molecule has 1 N–H and O–H groups in total. The molecule has 3 rings (SSSR count). The largest absolute Gasteiger partial charge is 0.318 e. The Labute approximate surface area is 130 Å². The lowest BCUT2D eigenvalue weighted by atomic mass is 10.1. The van der Waals surface area contributed by atoms with Crippen LogP contribution in [0.4, 0.5) is 0 Å². The van der Waals surface area contributed by atoms with Gasteiger partial charge in [0.2, 0.25) is 0 Å². The normalized spacial score (nSPS) is 19.4. The van der Waals surface area contributed by atoms with Crippen LogP contribution in [0, 0.1) is 6.92 Å². The number of benzene rings is 1. The van der Waals surface area contributed by atoms with Crippen molar-refractivity contribution in [1.82, 2.24) is 15.2 Å². The zero-order chi connectivity index (χ0) is 13.2. The van der Waals surface area contributed by atoms with Crippen LogP contribution in [0.3, 0.4) is 0 Å². The number of hydrogen-bond acceptors (Lipinski definition) is 4. The van der Waals surface area contributed by atoms with Gasteiger partial charge in [-0.05, 0) is 51.1 Å². The highest BCUT2D eigenvalue weighted by molar-refractivity contribution is 7.18. The van der Waals surface area contributed by atoms with Crippen molar-refractivity contribution in [2.45, 2.75) is 32.4 Å². The van der Waals surface area contributed by atoms with Crippen LogP contribution < -0.4 is 5.32 Å². The second-order valence-corrected chi connectivity index (χ2v) is 6.59. The maximum absolute atomic E-state index is 4.53. The molecule has 1 aliphatic heterocycles. The van der Waals surface area contributed by atoms with Gasteiger partial charge in [0.05, 0.1) is 15.2 Å². The standard InChI is InChI=1S/C15H21N3S.ClH/c1-11-17-14-6-5-12(8-15(14)19-11)10-18-7-3-4-13(18)9-16-2;/h5-6,8,13,16H,3-4,7,9-10H2,1-2H3;1H. The first-order valence-corrected chi connectivity index (χ1v) is 7.82. The fraction of sp³-hybridized carbons (Fsp3) is 0.533. The van der Waals surface area contributed by atoms with Gasteiger partial charge < -0.3 is 5.32 Å². The molecule has 1 atom stereocenters. The van der Waals surface area contributed by atoms with E-state index in [4.69, 9.17) is 0 Å². The van der Waals surface area contributed by atoms with E-state index in [2.05, 4.69) is 40.3 Å². The van der Waals surface area contributed by atoms with E-state index in [1.54, 1.807) is 11.3 Å². The first-order valence-electron chi connectivity index (χ1n) is 7.01. The zero-order valence-electron chi connectivity index (χ0n) is 12.1. The van der Waals surface area contributed by atoms with E-state index in [1.807, 2.05) is 7.05 Å². The summed E-state index contributed by atoms with van der Waals surface area (Å²) in [6, 6.07) is 7.41. The molecule has 110 valence electrons. The van der Waals surface area contributed by atoms with E-state index in [-0.39, 0.29) is 12.4 Å². The predicted octanol–water partition coefficient (Wildman–Crippen LogP) is 3.21. The van der Waals surface area contributed by atoms with Crippen molar-refractivity contribution in [2.24, 2.45) is 0 Å². The smallest absolute Gasteiger partial charge is 0.0907 e. The van der Waals surface area contributed by atoms with Gasteiger partial charge in [-0.1, -0.05) is 6.07 Å². The van der Waals surface area contributed by atoms with Gasteiger partial charge in [-0.15, -0.1) is 23.7 Å². The maximum Gasteiger partial charge on any atom is 0.0907 e. The van der Waals surface area contributed by atoms with Crippen LogP contribution in [-0.2, 0) is 6.54 Å². The minimum Gasteiger partial charge on any atom is -0.318 e. The summed E-state index contributed by atoms with van der Waals surface area (Å²) in [6.45, 7) is 5.47. The van der Waals surface area contributed by atoms with E-state index in [1.165, 1.54) is 29.6 Å². The van der Waals surface area contributed by atoms with Crippen LogP contribution in [0.1, 0.15) is 23.4 Å². The molecule has 2 aromatic rings. The summed E-state index contributed by atoms with van der Waals surface area (Å²) in [7, 11) is 2.04. The molecule has 0 radical (unpaired) electrons. The Morgan fingerprint density at radius 3 is 3.10 bits per heavy atom. The molecule has 3 nitrogen and oxygen atoms in total. The lowest BCUT2D eigenvalue weighted by molar-refractivity contribution is 0.242. The summed E-state index contributed by atoms with van der Waals surface area (Å²) in [5.41, 5.74) is 2.55. The molecule has 0 amide bonds. The molecular formula is C15H22ClN3S. The highest BCUT2D eigenvalue weighted by atomic mass is 35.5. The first-order chi connectivity index (χ1) is 9.26. The number of likely N-dealkylation sites (tertiary alicyclic amines) is 1. The number of aromatic nitrogens is 1. The molecule has 1 aromatic heterocycles. The third-order valence-corrected chi connectivity index (χ3v) is 4.82. The second-order valence-electron chi connectivity index (χ2n) is 5.36. The van der Waals surface area contributed by atoms with Gasteiger partial charge in [-0.3, -0.25) is 4.90 Å². The highest BCUT2D eigenvalue weighted by Crippen LogP contribution is 2.25. The summed E-state index contributed by atoms with van der Waals surface area (Å²) in [4.78, 5) is 7.13. The minimum absolute atomic E-state index is 0. The van der Waals surface area contributed by atoms with Crippen molar-refractivity contribution < 1.29 is 0 Å². The van der Waals surface area contributed by atoms with Crippen LogP contribution in [0.2, 0.25) is 0 Å². The van der Waals surface area contributed by atoms with E-state index in [0.29, 0.717) is 6.04 Å². The first kappa shape index (κ1) is 15.7. The summed E-state index contributed by atoms with van der Waals surface area (Å²) < 4.78 is 1.32. The van der Waals surface area contributed by atoms with E-state index in [0.717, 1.165) is 23.6 Å². The van der Waals surface area contributed by atoms with Crippen LogP contribution >= 0.6 is 23.7 Å². The Kier molecular flexibility index (Phi) is 5.38. The van der Waals surface area contributed by atoms with Crippen molar-refractivity contribution in [2.75, 3.05) is 20.1 Å². The molecule has 1 saturated heterocycles. The van der Waals surface area contributed by atoms with Gasteiger partial charge >= 0.3 is 0 Å². The monoisotopic (exact) mass is 311 g/mol. The number of fused-ring (bicyclic) bond motifs is 1. The average molecular weight is 312 g/mol. The highest BCUT2D eigenvalue weighted by Gasteiger charge is 2.23. The fourth-order valence-corrected chi connectivity index (χ4v) is 3.88. The number of likely N-dealkylation sites (N-methyl/N-ethyl adjacent to an activating group) is 1. The van der Waals surface area contributed by atoms with Gasteiger partial charge in [0.1, 0.15) is 0 Å². The van der Waals surface area contributed by atoms with Crippen molar-refractivity contribution >= 4 is 34.0 Å². The van der Waals surface area contributed by atoms with Gasteiger partial charge in [-0.2, -0.15) is 0 Å². The zero-order valence-corrected chi connectivity index (χ0v) is 13.7. The van der Waals surface area contributed by atoms with Crippen LogP contribution in [0.25, 0.3) is 10.2 Å². The average Bonchev–Trinajstić information content (AvgIpc) is 2.95. The van der Waals surface area contributed by atoms with Crippen LogP contribution in [0.5, 0.6) is 0 Å². The van der Waals surface area contributed by atoms with Crippen molar-refractivity contribution in [3.05, 3.63) is 28.8 Å². The number of nitrogens with one attached hydrogen (secondary N) is 1. The quantitative estimate of drug-likeness (QED) is 0.940. The predicted molar refractivity (Wildman–Crippen MR) is 89.0 cm³/mol. The molecule has 1 aromatic carbocycles. The Morgan fingerprint density at radius 2 is 2.30 bits per heavy atom. The molecule has 1 fully saturated rings. The molecule has 0 bridgehead atoms. The Morgan fingerprint density at radius 1 is 1.45 bits per heavy atom. The van der Waals surface area contributed by atoms with Crippen molar-refractivity contribution in [1.29, 1.82) is 0 Å². The molecule has 1 aliphatic rings. The third-order valence-electron chi connectivity index (χ3n) is 3.88. The lowest BCUT2D eigenvalue weighted by Gasteiger charge is -2.24. The molecule has 0 spiro atoms. The SMILES string of the molecule is CNCC1CCCN1Cc1ccc2nc(C)sc2c1.Cl. The number of rotatable bonds is 4. The molecule has 1 unspecified atom stereocenters. The molecule has 20 heavy (non-hydrogen) atoms. The maximum atomic E-state index is 4.53. The van der Waals surface area contributed by atoms with Crippen LogP contribution in [0.15, 0.2) is 18.2 Å². The van der Waals surface area contributed by atoms with E-state index >= 15 is 0 Å². The van der Waals surface area contributed by atoms with Gasteiger partial charge in [0, 0.05) is 19.1 Å². The van der Waals surface area contributed by atoms with Crippen molar-refractivity contribution in [3.8, 4) is 0 Å². The summed E-state index contributed by atoms with van der Waals surface area (Å²) >= 11 is 1.79. The number of nitrogens with zero attached hydrogens (tertiary/aromatic N) is 2. The topological polar surface area (TPSA) is 28.2 Å². The minimum atomic E-state index is 0. The van der Waals surface area contributed by atoms with Gasteiger partial charge in [0.15, 0.2) is 0 Å². The molecule has 0 aliphatic carbocycles.